The number of methoxy groups -OCH3 is 1. The fourth-order valence-electron chi connectivity index (χ4n) is 1.26. The van der Waals surface area contributed by atoms with Crippen LogP contribution in [0, 0.1) is 13.8 Å². The number of hydrogen-bond acceptors (Lipinski definition) is 2. The molecule has 0 aromatic heterocycles. The van der Waals surface area contributed by atoms with Crippen molar-refractivity contribution < 1.29 is 9.76 Å². The van der Waals surface area contributed by atoms with Crippen molar-refractivity contribution in [2.24, 2.45) is 0 Å². The van der Waals surface area contributed by atoms with Gasteiger partial charge in [0.05, 0.1) is 7.11 Å². The van der Waals surface area contributed by atoms with Crippen molar-refractivity contribution in [1.29, 1.82) is 0 Å². The van der Waals surface area contributed by atoms with Gasteiger partial charge in [-0.3, -0.25) is 0 Å². The van der Waals surface area contributed by atoms with Crippen LogP contribution in [0.4, 0.5) is 0 Å². The first-order valence-corrected chi connectivity index (χ1v) is 3.82. The van der Waals surface area contributed by atoms with Gasteiger partial charge >= 0.3 is 7.48 Å². The fourth-order valence-corrected chi connectivity index (χ4v) is 1.26. The summed E-state index contributed by atoms with van der Waals surface area (Å²) in [5, 5.41) is 8.94. The van der Waals surface area contributed by atoms with E-state index in [1.807, 2.05) is 26.0 Å². The number of benzene rings is 1. The molecule has 2 nitrogen and oxygen atoms in total. The predicted octanol–water partition coefficient (Wildman–Crippen LogP) is 0.549. The molecule has 12 heavy (non-hydrogen) atoms. The van der Waals surface area contributed by atoms with Crippen LogP contribution in [0.3, 0.4) is 0 Å². The van der Waals surface area contributed by atoms with Crippen LogP contribution < -0.4 is 10.2 Å². The molecule has 1 N–H and O–H groups in total. The van der Waals surface area contributed by atoms with Crippen molar-refractivity contribution in [3.8, 4) is 5.75 Å². The Labute approximate surface area is 73.5 Å². The van der Waals surface area contributed by atoms with Crippen LogP contribution in [0.5, 0.6) is 5.75 Å². The summed E-state index contributed by atoms with van der Waals surface area (Å²) in [6.45, 7) is 3.88. The first kappa shape index (κ1) is 9.14. The normalized spacial score (nSPS) is 9.67. The number of ether oxygens (including phenoxy) is 1. The van der Waals surface area contributed by atoms with Crippen LogP contribution >= 0.6 is 0 Å². The van der Waals surface area contributed by atoms with Gasteiger partial charge in [-0.15, -0.1) is 0 Å². The SMILES string of the molecule is COc1ccc(C)c([B]O)c1C. The molecule has 0 aliphatic heterocycles. The molecule has 3 heteroatoms. The summed E-state index contributed by atoms with van der Waals surface area (Å²) in [7, 11) is 2.74. The Morgan fingerprint density at radius 3 is 2.50 bits per heavy atom. The van der Waals surface area contributed by atoms with Crippen molar-refractivity contribution >= 4 is 12.9 Å². The molecule has 0 spiro atoms. The molecule has 0 aliphatic carbocycles. The Kier molecular flexibility index (Phi) is 2.76. The molecule has 63 valence electrons. The topological polar surface area (TPSA) is 29.5 Å². The van der Waals surface area contributed by atoms with Crippen LogP contribution in [-0.2, 0) is 0 Å². The van der Waals surface area contributed by atoms with Crippen molar-refractivity contribution in [2.45, 2.75) is 13.8 Å². The lowest BCUT2D eigenvalue weighted by atomic mass is 9.81. The smallest absolute Gasteiger partial charge is 0.327 e. The van der Waals surface area contributed by atoms with E-state index in [1.54, 1.807) is 7.11 Å². The summed E-state index contributed by atoms with van der Waals surface area (Å²) in [6, 6.07) is 3.82. The minimum Gasteiger partial charge on any atom is -0.497 e. The zero-order valence-corrected chi connectivity index (χ0v) is 7.59. The largest absolute Gasteiger partial charge is 0.497 e. The van der Waals surface area contributed by atoms with Crippen LogP contribution in [0.1, 0.15) is 11.1 Å². The first-order valence-electron chi connectivity index (χ1n) is 3.82. The summed E-state index contributed by atoms with van der Waals surface area (Å²) in [6.07, 6.45) is 0. The van der Waals surface area contributed by atoms with Gasteiger partial charge in [-0.1, -0.05) is 11.6 Å². The van der Waals surface area contributed by atoms with Crippen LogP contribution in [0.15, 0.2) is 12.1 Å². The van der Waals surface area contributed by atoms with E-state index in [9.17, 15) is 0 Å². The molecule has 0 saturated carbocycles. The van der Waals surface area contributed by atoms with Gasteiger partial charge in [-0.2, -0.15) is 0 Å². The van der Waals surface area contributed by atoms with E-state index >= 15 is 0 Å². The van der Waals surface area contributed by atoms with Crippen LogP contribution in [-0.4, -0.2) is 19.6 Å². The van der Waals surface area contributed by atoms with Gasteiger partial charge < -0.3 is 9.76 Å². The van der Waals surface area contributed by atoms with Gasteiger partial charge in [0, 0.05) is 0 Å². The van der Waals surface area contributed by atoms with Crippen molar-refractivity contribution in [3.63, 3.8) is 0 Å². The van der Waals surface area contributed by atoms with E-state index in [0.29, 0.717) is 0 Å². The molecule has 0 unspecified atom stereocenters. The number of hydrogen-bond donors (Lipinski definition) is 1. The molecule has 0 fully saturated rings. The van der Waals surface area contributed by atoms with Gasteiger partial charge in [-0.25, -0.2) is 0 Å². The third-order valence-electron chi connectivity index (χ3n) is 2.03. The van der Waals surface area contributed by atoms with Gasteiger partial charge in [0.2, 0.25) is 0 Å². The average Bonchev–Trinajstić information content (AvgIpc) is 2.06. The Morgan fingerprint density at radius 2 is 2.00 bits per heavy atom. The zero-order valence-electron chi connectivity index (χ0n) is 7.59. The highest BCUT2D eigenvalue weighted by Gasteiger charge is 2.07. The fraction of sp³-hybridized carbons (Fsp3) is 0.333. The van der Waals surface area contributed by atoms with Gasteiger partial charge in [-0.05, 0) is 30.9 Å². The van der Waals surface area contributed by atoms with Crippen LogP contribution in [0.2, 0.25) is 0 Å². The van der Waals surface area contributed by atoms with E-state index in [1.165, 1.54) is 0 Å². The highest BCUT2D eigenvalue weighted by Crippen LogP contribution is 2.15. The second-order valence-electron chi connectivity index (χ2n) is 2.75. The summed E-state index contributed by atoms with van der Waals surface area (Å²) in [5.41, 5.74) is 2.87. The third-order valence-corrected chi connectivity index (χ3v) is 2.03. The first-order chi connectivity index (χ1) is 5.70. The molecular formula is C9H12BO2. The monoisotopic (exact) mass is 163 g/mol. The van der Waals surface area contributed by atoms with Gasteiger partial charge in [0.25, 0.3) is 0 Å². The van der Waals surface area contributed by atoms with E-state index in [4.69, 9.17) is 9.76 Å². The Balaban J connectivity index is 3.24. The molecule has 0 amide bonds. The third kappa shape index (κ3) is 1.46. The summed E-state index contributed by atoms with van der Waals surface area (Å²) >= 11 is 0. The Hall–Kier alpha value is -0.955. The Morgan fingerprint density at radius 1 is 1.33 bits per heavy atom. The quantitative estimate of drug-likeness (QED) is 0.645. The molecule has 0 atom stereocenters. The summed E-state index contributed by atoms with van der Waals surface area (Å²) in [4.78, 5) is 0. The molecule has 0 saturated heterocycles. The molecule has 0 bridgehead atoms. The second kappa shape index (κ2) is 3.63. The highest BCUT2D eigenvalue weighted by molar-refractivity contribution is 6.47. The molecule has 1 aromatic carbocycles. The lowest BCUT2D eigenvalue weighted by molar-refractivity contribution is 0.412. The summed E-state index contributed by atoms with van der Waals surface area (Å²) in [5.74, 6) is 0.806. The molecule has 0 heterocycles. The molecule has 1 rings (SSSR count). The van der Waals surface area contributed by atoms with E-state index in [-0.39, 0.29) is 0 Å². The minimum atomic E-state index is 0.806. The van der Waals surface area contributed by atoms with Crippen molar-refractivity contribution in [1.82, 2.24) is 0 Å². The molecule has 1 aromatic rings. The Bertz CT molecular complexity index is 284. The maximum absolute atomic E-state index is 8.94. The van der Waals surface area contributed by atoms with Crippen LogP contribution in [0.25, 0.3) is 0 Å². The minimum absolute atomic E-state index is 0.806. The zero-order chi connectivity index (χ0) is 9.14. The molecular weight excluding hydrogens is 151 g/mol. The maximum Gasteiger partial charge on any atom is 0.327 e. The molecule has 1 radical (unpaired) electrons. The van der Waals surface area contributed by atoms with Gasteiger partial charge in [0.1, 0.15) is 5.75 Å². The second-order valence-corrected chi connectivity index (χ2v) is 2.75. The number of aryl methyl sites for hydroxylation is 1. The van der Waals surface area contributed by atoms with Gasteiger partial charge in [0.15, 0.2) is 0 Å². The maximum atomic E-state index is 8.94. The average molecular weight is 163 g/mol. The van der Waals surface area contributed by atoms with Crippen molar-refractivity contribution in [3.05, 3.63) is 23.3 Å². The van der Waals surface area contributed by atoms with E-state index < -0.39 is 0 Å². The lowest BCUT2D eigenvalue weighted by Gasteiger charge is -2.10. The highest BCUT2D eigenvalue weighted by atomic mass is 16.5. The predicted molar refractivity (Wildman–Crippen MR) is 50.1 cm³/mol. The number of rotatable bonds is 2. The molecule has 0 aliphatic rings. The lowest BCUT2D eigenvalue weighted by Crippen LogP contribution is -2.21. The van der Waals surface area contributed by atoms with E-state index in [2.05, 4.69) is 0 Å². The van der Waals surface area contributed by atoms with E-state index in [0.717, 1.165) is 29.8 Å². The van der Waals surface area contributed by atoms with Crippen molar-refractivity contribution in [2.75, 3.05) is 7.11 Å². The summed E-state index contributed by atoms with van der Waals surface area (Å²) < 4.78 is 5.11. The standard InChI is InChI=1S/C9H12BO2/c1-6-4-5-8(12-3)7(2)9(6)10-11/h4-5,11H,1-3H3.